The van der Waals surface area contributed by atoms with Crippen LogP contribution in [0.15, 0.2) is 84.9 Å². The van der Waals surface area contributed by atoms with Gasteiger partial charge in [-0.15, -0.1) is 12.4 Å². The standard InChI is InChI=1S/C25H27NO2.ClH/c27-23-14-8-7-13-21(23)17-26-22-15-16-24(28-18-22)25(19-9-3-1-4-10-19)20-11-5-2-6-12-20;/h1-14,22,24-27H,15-18H2;1H/t22-,24-;/m0./s1. The fourth-order valence-electron chi connectivity index (χ4n) is 4.05. The average Bonchev–Trinajstić information content (AvgIpc) is 2.76. The minimum atomic E-state index is 0. The lowest BCUT2D eigenvalue weighted by molar-refractivity contribution is -0.0116. The fraction of sp³-hybridized carbons (Fsp3) is 0.280. The zero-order valence-corrected chi connectivity index (χ0v) is 17.2. The molecule has 0 radical (unpaired) electrons. The van der Waals surface area contributed by atoms with Gasteiger partial charge in [0.2, 0.25) is 0 Å². The molecular weight excluding hydrogens is 382 g/mol. The maximum atomic E-state index is 9.94. The van der Waals surface area contributed by atoms with Gasteiger partial charge in [-0.3, -0.25) is 0 Å². The van der Waals surface area contributed by atoms with Crippen molar-refractivity contribution in [3.05, 3.63) is 102 Å². The Morgan fingerprint density at radius 2 is 1.41 bits per heavy atom. The van der Waals surface area contributed by atoms with Crippen molar-refractivity contribution in [1.82, 2.24) is 5.32 Å². The Morgan fingerprint density at radius 3 is 1.97 bits per heavy atom. The predicted molar refractivity (Wildman–Crippen MR) is 120 cm³/mol. The van der Waals surface area contributed by atoms with E-state index in [-0.39, 0.29) is 24.4 Å². The average molecular weight is 410 g/mol. The lowest BCUT2D eigenvalue weighted by Crippen LogP contribution is -2.41. The maximum Gasteiger partial charge on any atom is 0.120 e. The van der Waals surface area contributed by atoms with Gasteiger partial charge in [0, 0.05) is 24.1 Å². The molecule has 0 aromatic heterocycles. The molecule has 1 saturated heterocycles. The van der Waals surface area contributed by atoms with E-state index in [2.05, 4.69) is 66.0 Å². The molecule has 4 rings (SSSR count). The van der Waals surface area contributed by atoms with Gasteiger partial charge < -0.3 is 15.2 Å². The van der Waals surface area contributed by atoms with Crippen LogP contribution in [0.2, 0.25) is 0 Å². The van der Waals surface area contributed by atoms with Gasteiger partial charge in [0.25, 0.3) is 0 Å². The Balaban J connectivity index is 0.00000240. The second-order valence-corrected chi connectivity index (χ2v) is 7.45. The van der Waals surface area contributed by atoms with Crippen LogP contribution in [-0.2, 0) is 11.3 Å². The Hall–Kier alpha value is -2.33. The minimum absolute atomic E-state index is 0. The number of rotatable bonds is 6. The molecule has 2 N–H and O–H groups in total. The number of phenolic OH excluding ortho intramolecular Hbond substituents is 1. The molecule has 1 fully saturated rings. The molecule has 2 atom stereocenters. The van der Waals surface area contributed by atoms with Gasteiger partial charge in [-0.25, -0.2) is 0 Å². The Morgan fingerprint density at radius 1 is 0.828 bits per heavy atom. The third-order valence-electron chi connectivity index (χ3n) is 5.57. The van der Waals surface area contributed by atoms with E-state index >= 15 is 0 Å². The van der Waals surface area contributed by atoms with Gasteiger partial charge in [0.1, 0.15) is 5.75 Å². The van der Waals surface area contributed by atoms with Crippen LogP contribution < -0.4 is 5.32 Å². The van der Waals surface area contributed by atoms with E-state index in [9.17, 15) is 5.11 Å². The molecule has 0 bridgehead atoms. The monoisotopic (exact) mass is 409 g/mol. The predicted octanol–water partition coefficient (Wildman–Crippen LogP) is 5.28. The Labute approximate surface area is 179 Å². The number of benzene rings is 3. The van der Waals surface area contributed by atoms with Crippen molar-refractivity contribution in [2.24, 2.45) is 0 Å². The number of ether oxygens (including phenoxy) is 1. The topological polar surface area (TPSA) is 41.5 Å². The molecule has 3 aromatic rings. The molecular formula is C25H28ClNO2. The van der Waals surface area contributed by atoms with E-state index in [0.717, 1.165) is 18.4 Å². The largest absolute Gasteiger partial charge is 0.508 e. The Bertz CT molecular complexity index is 825. The molecule has 3 nitrogen and oxygen atoms in total. The number of hydrogen-bond acceptors (Lipinski definition) is 3. The summed E-state index contributed by atoms with van der Waals surface area (Å²) in [6, 6.07) is 29.1. The number of halogens is 1. The van der Waals surface area contributed by atoms with Crippen molar-refractivity contribution in [3.8, 4) is 5.75 Å². The summed E-state index contributed by atoms with van der Waals surface area (Å²) in [5, 5.41) is 13.5. The summed E-state index contributed by atoms with van der Waals surface area (Å²) in [5.74, 6) is 0.597. The smallest absolute Gasteiger partial charge is 0.120 e. The van der Waals surface area contributed by atoms with E-state index < -0.39 is 0 Å². The van der Waals surface area contributed by atoms with Crippen molar-refractivity contribution in [3.63, 3.8) is 0 Å². The summed E-state index contributed by atoms with van der Waals surface area (Å²) < 4.78 is 6.36. The van der Waals surface area contributed by atoms with Gasteiger partial charge in [-0.05, 0) is 30.0 Å². The fourth-order valence-corrected chi connectivity index (χ4v) is 4.05. The SMILES string of the molecule is Cl.Oc1ccccc1CN[C@H]1CC[C@@H](C(c2ccccc2)c2ccccc2)OC1. The number of para-hydroxylation sites is 1. The number of aromatic hydroxyl groups is 1. The van der Waals surface area contributed by atoms with E-state index in [1.807, 2.05) is 18.2 Å². The second kappa shape index (κ2) is 10.4. The molecule has 0 aliphatic carbocycles. The van der Waals surface area contributed by atoms with Crippen LogP contribution in [0.5, 0.6) is 5.75 Å². The molecule has 3 aromatic carbocycles. The van der Waals surface area contributed by atoms with Gasteiger partial charge in [0.15, 0.2) is 0 Å². The quantitative estimate of drug-likeness (QED) is 0.581. The zero-order chi connectivity index (χ0) is 19.2. The summed E-state index contributed by atoms with van der Waals surface area (Å²) in [4.78, 5) is 0. The van der Waals surface area contributed by atoms with Crippen molar-refractivity contribution >= 4 is 12.4 Å². The van der Waals surface area contributed by atoms with Crippen LogP contribution in [-0.4, -0.2) is 23.9 Å². The summed E-state index contributed by atoms with van der Waals surface area (Å²) in [6.45, 7) is 1.35. The summed E-state index contributed by atoms with van der Waals surface area (Å²) >= 11 is 0. The first-order valence-electron chi connectivity index (χ1n) is 10.0. The highest BCUT2D eigenvalue weighted by molar-refractivity contribution is 5.85. The summed E-state index contributed by atoms with van der Waals surface area (Å²) in [5.41, 5.74) is 3.54. The molecule has 0 spiro atoms. The molecule has 0 saturated carbocycles. The number of hydrogen-bond donors (Lipinski definition) is 2. The summed E-state index contributed by atoms with van der Waals surface area (Å²) in [6.07, 6.45) is 2.24. The normalized spacial score (nSPS) is 18.9. The van der Waals surface area contributed by atoms with Crippen LogP contribution in [0, 0.1) is 0 Å². The van der Waals surface area contributed by atoms with Crippen LogP contribution in [0.25, 0.3) is 0 Å². The van der Waals surface area contributed by atoms with E-state index in [1.165, 1.54) is 11.1 Å². The second-order valence-electron chi connectivity index (χ2n) is 7.45. The molecule has 1 aliphatic heterocycles. The lowest BCUT2D eigenvalue weighted by Gasteiger charge is -2.35. The van der Waals surface area contributed by atoms with Crippen molar-refractivity contribution in [2.45, 2.75) is 37.5 Å². The van der Waals surface area contributed by atoms with Crippen LogP contribution >= 0.6 is 12.4 Å². The molecule has 0 amide bonds. The van der Waals surface area contributed by atoms with E-state index in [4.69, 9.17) is 4.74 Å². The van der Waals surface area contributed by atoms with Crippen LogP contribution in [0.1, 0.15) is 35.4 Å². The third kappa shape index (κ3) is 5.39. The molecule has 4 heteroatoms. The zero-order valence-electron chi connectivity index (χ0n) is 16.4. The first kappa shape index (κ1) is 21.4. The minimum Gasteiger partial charge on any atom is -0.508 e. The van der Waals surface area contributed by atoms with Gasteiger partial charge in [0.05, 0.1) is 12.7 Å². The molecule has 1 aliphatic rings. The van der Waals surface area contributed by atoms with Gasteiger partial charge in [-0.1, -0.05) is 78.9 Å². The molecule has 29 heavy (non-hydrogen) atoms. The van der Waals surface area contributed by atoms with Crippen LogP contribution in [0.4, 0.5) is 0 Å². The number of nitrogens with one attached hydrogen (secondary N) is 1. The highest BCUT2D eigenvalue weighted by Gasteiger charge is 2.30. The summed E-state index contributed by atoms with van der Waals surface area (Å²) in [7, 11) is 0. The Kier molecular flexibility index (Phi) is 7.70. The highest BCUT2D eigenvalue weighted by atomic mass is 35.5. The van der Waals surface area contributed by atoms with E-state index in [0.29, 0.717) is 24.9 Å². The van der Waals surface area contributed by atoms with Gasteiger partial charge >= 0.3 is 0 Å². The van der Waals surface area contributed by atoms with Crippen molar-refractivity contribution < 1.29 is 9.84 Å². The molecule has 0 unspecified atom stereocenters. The lowest BCUT2D eigenvalue weighted by atomic mass is 9.83. The van der Waals surface area contributed by atoms with Crippen molar-refractivity contribution in [2.75, 3.05) is 6.61 Å². The third-order valence-corrected chi connectivity index (χ3v) is 5.57. The van der Waals surface area contributed by atoms with Crippen LogP contribution in [0.3, 0.4) is 0 Å². The molecule has 1 heterocycles. The number of phenols is 1. The van der Waals surface area contributed by atoms with E-state index in [1.54, 1.807) is 6.07 Å². The molecule has 152 valence electrons. The van der Waals surface area contributed by atoms with Gasteiger partial charge in [-0.2, -0.15) is 0 Å². The highest BCUT2D eigenvalue weighted by Crippen LogP contribution is 2.34. The maximum absolute atomic E-state index is 9.94. The first-order valence-corrected chi connectivity index (χ1v) is 10.0. The first-order chi connectivity index (χ1) is 13.8. The van der Waals surface area contributed by atoms with Crippen molar-refractivity contribution in [1.29, 1.82) is 0 Å².